The molecule has 4 heteroatoms. The Morgan fingerprint density at radius 2 is 2.23 bits per heavy atom. The Kier molecular flexibility index (Phi) is 2.14. The van der Waals surface area contributed by atoms with Gasteiger partial charge >= 0.3 is 0 Å². The van der Waals surface area contributed by atoms with Crippen molar-refractivity contribution in [2.24, 2.45) is 0 Å². The number of benzene rings is 1. The molecule has 0 bridgehead atoms. The summed E-state index contributed by atoms with van der Waals surface area (Å²) in [5, 5.41) is 7.80. The summed E-state index contributed by atoms with van der Waals surface area (Å²) in [6, 6.07) is 7.95. The van der Waals surface area contributed by atoms with Gasteiger partial charge in [0.1, 0.15) is 0 Å². The van der Waals surface area contributed by atoms with Gasteiger partial charge in [-0.1, -0.05) is 27.2 Å². The Hall–Kier alpha value is -1.16. The number of nitrogens with zero attached hydrogens (tertiary/aromatic N) is 3. The van der Waals surface area contributed by atoms with E-state index in [-0.39, 0.29) is 0 Å². The summed E-state index contributed by atoms with van der Waals surface area (Å²) in [6.07, 6.45) is 1.74. The van der Waals surface area contributed by atoms with Gasteiger partial charge < -0.3 is 0 Å². The van der Waals surface area contributed by atoms with E-state index in [1.807, 2.05) is 31.2 Å². The van der Waals surface area contributed by atoms with Crippen LogP contribution in [0.15, 0.2) is 34.9 Å². The highest BCUT2D eigenvalue weighted by atomic mass is 79.9. The molecule has 0 aliphatic carbocycles. The number of halogens is 1. The first-order valence-electron chi connectivity index (χ1n) is 3.90. The standard InChI is InChI=1S/C9H8BrN3/c1-7-6-11-12-13(7)9-4-2-3-8(10)5-9/h2-6H,1H3. The number of rotatable bonds is 1. The molecule has 0 N–H and O–H groups in total. The van der Waals surface area contributed by atoms with Gasteiger partial charge in [-0.15, -0.1) is 5.10 Å². The predicted octanol–water partition coefficient (Wildman–Crippen LogP) is 2.34. The van der Waals surface area contributed by atoms with Gasteiger partial charge in [0, 0.05) is 4.47 Å². The van der Waals surface area contributed by atoms with Gasteiger partial charge in [0.2, 0.25) is 0 Å². The van der Waals surface area contributed by atoms with Gasteiger partial charge in [-0.3, -0.25) is 0 Å². The Labute approximate surface area is 84.5 Å². The molecule has 1 aromatic carbocycles. The van der Waals surface area contributed by atoms with Crippen LogP contribution in [0.4, 0.5) is 0 Å². The minimum atomic E-state index is 1.02. The molecule has 1 aromatic heterocycles. The Morgan fingerprint density at radius 3 is 2.85 bits per heavy atom. The van der Waals surface area contributed by atoms with Crippen molar-refractivity contribution in [2.45, 2.75) is 6.92 Å². The van der Waals surface area contributed by atoms with Crippen molar-refractivity contribution >= 4 is 15.9 Å². The normalized spacial score (nSPS) is 10.3. The molecule has 0 aliphatic heterocycles. The van der Waals surface area contributed by atoms with Crippen LogP contribution in [-0.4, -0.2) is 15.0 Å². The van der Waals surface area contributed by atoms with Crippen LogP contribution in [0.25, 0.3) is 5.69 Å². The van der Waals surface area contributed by atoms with Crippen molar-refractivity contribution in [1.29, 1.82) is 0 Å². The third-order valence-corrected chi connectivity index (χ3v) is 2.27. The first-order chi connectivity index (χ1) is 6.27. The van der Waals surface area contributed by atoms with E-state index in [0.29, 0.717) is 0 Å². The van der Waals surface area contributed by atoms with Gasteiger partial charge in [-0.2, -0.15) is 0 Å². The molecule has 2 aromatic rings. The van der Waals surface area contributed by atoms with E-state index in [2.05, 4.69) is 26.2 Å². The number of hydrogen-bond acceptors (Lipinski definition) is 2. The zero-order chi connectivity index (χ0) is 9.26. The first-order valence-corrected chi connectivity index (χ1v) is 4.70. The summed E-state index contributed by atoms with van der Waals surface area (Å²) in [7, 11) is 0. The summed E-state index contributed by atoms with van der Waals surface area (Å²) >= 11 is 3.41. The molecule has 0 fully saturated rings. The fraction of sp³-hybridized carbons (Fsp3) is 0.111. The minimum absolute atomic E-state index is 1.02. The lowest BCUT2D eigenvalue weighted by Crippen LogP contribution is -1.98. The predicted molar refractivity (Wildman–Crippen MR) is 53.8 cm³/mol. The summed E-state index contributed by atoms with van der Waals surface area (Å²) in [4.78, 5) is 0. The third kappa shape index (κ3) is 1.62. The Morgan fingerprint density at radius 1 is 1.38 bits per heavy atom. The molecule has 0 unspecified atom stereocenters. The van der Waals surface area contributed by atoms with E-state index < -0.39 is 0 Å². The average Bonchev–Trinajstić information content (AvgIpc) is 2.51. The second-order valence-electron chi connectivity index (χ2n) is 2.77. The van der Waals surface area contributed by atoms with Crippen LogP contribution in [0.1, 0.15) is 5.69 Å². The lowest BCUT2D eigenvalue weighted by molar-refractivity contribution is 0.785. The van der Waals surface area contributed by atoms with Gasteiger partial charge in [-0.05, 0) is 25.1 Å². The van der Waals surface area contributed by atoms with Crippen molar-refractivity contribution in [3.63, 3.8) is 0 Å². The quantitative estimate of drug-likeness (QED) is 0.763. The van der Waals surface area contributed by atoms with Gasteiger partial charge in [0.15, 0.2) is 0 Å². The van der Waals surface area contributed by atoms with Gasteiger partial charge in [0.05, 0.1) is 17.6 Å². The highest BCUT2D eigenvalue weighted by Crippen LogP contribution is 2.15. The number of aryl methyl sites for hydroxylation is 1. The van der Waals surface area contributed by atoms with Crippen LogP contribution in [0.5, 0.6) is 0 Å². The molecule has 0 atom stereocenters. The fourth-order valence-corrected chi connectivity index (χ4v) is 1.54. The fourth-order valence-electron chi connectivity index (χ4n) is 1.15. The molecule has 0 aliphatic rings. The lowest BCUT2D eigenvalue weighted by atomic mass is 10.3. The van der Waals surface area contributed by atoms with Crippen molar-refractivity contribution in [3.8, 4) is 5.69 Å². The average molecular weight is 238 g/mol. The zero-order valence-electron chi connectivity index (χ0n) is 7.11. The summed E-state index contributed by atoms with van der Waals surface area (Å²) < 4.78 is 2.84. The highest BCUT2D eigenvalue weighted by molar-refractivity contribution is 9.10. The number of aromatic nitrogens is 3. The molecule has 13 heavy (non-hydrogen) atoms. The maximum absolute atomic E-state index is 3.97. The molecule has 66 valence electrons. The van der Waals surface area contributed by atoms with E-state index in [9.17, 15) is 0 Å². The zero-order valence-corrected chi connectivity index (χ0v) is 8.69. The summed E-state index contributed by atoms with van der Waals surface area (Å²) in [5.41, 5.74) is 2.04. The molecule has 0 saturated carbocycles. The molecular formula is C9H8BrN3. The second kappa shape index (κ2) is 3.30. The van der Waals surface area contributed by atoms with Crippen molar-refractivity contribution in [2.75, 3.05) is 0 Å². The molecule has 2 rings (SSSR count). The van der Waals surface area contributed by atoms with Crippen LogP contribution < -0.4 is 0 Å². The van der Waals surface area contributed by atoms with Crippen LogP contribution in [-0.2, 0) is 0 Å². The Balaban J connectivity index is 2.53. The van der Waals surface area contributed by atoms with E-state index in [0.717, 1.165) is 15.9 Å². The second-order valence-corrected chi connectivity index (χ2v) is 3.68. The third-order valence-electron chi connectivity index (χ3n) is 1.77. The highest BCUT2D eigenvalue weighted by Gasteiger charge is 2.00. The van der Waals surface area contributed by atoms with Crippen molar-refractivity contribution < 1.29 is 0 Å². The lowest BCUT2D eigenvalue weighted by Gasteiger charge is -2.02. The van der Waals surface area contributed by atoms with E-state index in [4.69, 9.17) is 0 Å². The van der Waals surface area contributed by atoms with Gasteiger partial charge in [-0.25, -0.2) is 4.68 Å². The molecule has 1 heterocycles. The molecule has 0 amide bonds. The van der Waals surface area contributed by atoms with Crippen LogP contribution in [0.3, 0.4) is 0 Å². The largest absolute Gasteiger partial charge is 0.218 e. The smallest absolute Gasteiger partial charge is 0.0726 e. The maximum Gasteiger partial charge on any atom is 0.0726 e. The van der Waals surface area contributed by atoms with E-state index in [1.54, 1.807) is 10.9 Å². The van der Waals surface area contributed by atoms with Crippen molar-refractivity contribution in [3.05, 3.63) is 40.6 Å². The summed E-state index contributed by atoms with van der Waals surface area (Å²) in [5.74, 6) is 0. The van der Waals surface area contributed by atoms with Crippen LogP contribution in [0, 0.1) is 6.92 Å². The molecule has 0 saturated heterocycles. The molecule has 0 spiro atoms. The monoisotopic (exact) mass is 237 g/mol. The van der Waals surface area contributed by atoms with E-state index >= 15 is 0 Å². The van der Waals surface area contributed by atoms with Crippen LogP contribution >= 0.6 is 15.9 Å². The molecule has 0 radical (unpaired) electrons. The summed E-state index contributed by atoms with van der Waals surface area (Å²) in [6.45, 7) is 1.97. The van der Waals surface area contributed by atoms with E-state index in [1.165, 1.54) is 0 Å². The van der Waals surface area contributed by atoms with Crippen LogP contribution in [0.2, 0.25) is 0 Å². The Bertz CT molecular complexity index is 422. The maximum atomic E-state index is 3.97. The SMILES string of the molecule is Cc1cnnn1-c1cccc(Br)c1. The molecule has 3 nitrogen and oxygen atoms in total. The minimum Gasteiger partial charge on any atom is -0.218 e. The topological polar surface area (TPSA) is 30.7 Å². The number of hydrogen-bond donors (Lipinski definition) is 0. The van der Waals surface area contributed by atoms with Gasteiger partial charge in [0.25, 0.3) is 0 Å². The first kappa shape index (κ1) is 8.44. The molecular weight excluding hydrogens is 230 g/mol. The van der Waals surface area contributed by atoms with Crippen molar-refractivity contribution in [1.82, 2.24) is 15.0 Å².